The van der Waals surface area contributed by atoms with Crippen molar-refractivity contribution in [3.8, 4) is 0 Å². The largest absolute Gasteiger partial charge is 0.299 e. The Morgan fingerprint density at radius 2 is 1.95 bits per heavy atom. The summed E-state index contributed by atoms with van der Waals surface area (Å²) in [6.07, 6.45) is 5.94. The standard InChI is InChI=1S/C20H30O2/c1-8-20(7)12-18(22)19(14(4)5)16(20)11-15(6)9-10-17(21)13(2)3/h8,11,13,16,19H,1,4,9-10,12H2,2-3,5-7H3. The zero-order valence-electron chi connectivity index (χ0n) is 14.7. The Balaban J connectivity index is 2.96. The van der Waals surface area contributed by atoms with Gasteiger partial charge in [0.05, 0.1) is 0 Å². The molecule has 3 atom stereocenters. The minimum atomic E-state index is -0.218. The highest BCUT2D eigenvalue weighted by atomic mass is 16.1. The van der Waals surface area contributed by atoms with E-state index in [1.165, 1.54) is 5.57 Å². The molecular weight excluding hydrogens is 272 g/mol. The minimum absolute atomic E-state index is 0.0856. The van der Waals surface area contributed by atoms with Crippen LogP contribution in [0.3, 0.4) is 0 Å². The molecule has 0 bridgehead atoms. The molecule has 0 spiro atoms. The van der Waals surface area contributed by atoms with Crippen LogP contribution >= 0.6 is 0 Å². The molecule has 0 heterocycles. The quantitative estimate of drug-likeness (QED) is 0.626. The molecule has 0 aromatic heterocycles. The molecule has 0 N–H and O–H groups in total. The number of carbonyl (C=O) groups is 2. The summed E-state index contributed by atoms with van der Waals surface area (Å²) in [5.41, 5.74) is 1.88. The van der Waals surface area contributed by atoms with E-state index in [2.05, 4.69) is 33.1 Å². The van der Waals surface area contributed by atoms with Gasteiger partial charge in [0.2, 0.25) is 0 Å². The lowest BCUT2D eigenvalue weighted by Gasteiger charge is -2.29. The van der Waals surface area contributed by atoms with Crippen molar-refractivity contribution in [2.45, 2.75) is 53.9 Å². The Morgan fingerprint density at radius 3 is 2.41 bits per heavy atom. The van der Waals surface area contributed by atoms with Gasteiger partial charge in [0.1, 0.15) is 11.6 Å². The van der Waals surface area contributed by atoms with E-state index >= 15 is 0 Å². The van der Waals surface area contributed by atoms with Crippen molar-refractivity contribution >= 4 is 11.6 Å². The van der Waals surface area contributed by atoms with Gasteiger partial charge in [-0.15, -0.1) is 6.58 Å². The van der Waals surface area contributed by atoms with E-state index in [4.69, 9.17) is 0 Å². The van der Waals surface area contributed by atoms with E-state index < -0.39 is 0 Å². The molecule has 22 heavy (non-hydrogen) atoms. The fourth-order valence-electron chi connectivity index (χ4n) is 3.26. The van der Waals surface area contributed by atoms with Gasteiger partial charge in [0.25, 0.3) is 0 Å². The second kappa shape index (κ2) is 7.21. The van der Waals surface area contributed by atoms with Crippen LogP contribution in [-0.4, -0.2) is 11.6 Å². The van der Waals surface area contributed by atoms with Crippen molar-refractivity contribution in [2.75, 3.05) is 0 Å². The molecule has 2 heteroatoms. The average molecular weight is 302 g/mol. The van der Waals surface area contributed by atoms with Crippen molar-refractivity contribution < 1.29 is 9.59 Å². The zero-order valence-corrected chi connectivity index (χ0v) is 14.7. The van der Waals surface area contributed by atoms with Crippen molar-refractivity contribution in [3.05, 3.63) is 36.5 Å². The third kappa shape index (κ3) is 4.06. The van der Waals surface area contributed by atoms with E-state index in [-0.39, 0.29) is 34.7 Å². The number of rotatable bonds is 7. The zero-order chi connectivity index (χ0) is 17.1. The summed E-state index contributed by atoms with van der Waals surface area (Å²) in [5, 5.41) is 0. The Hall–Kier alpha value is -1.44. The van der Waals surface area contributed by atoms with Gasteiger partial charge in [-0.3, -0.25) is 9.59 Å². The molecule has 1 fully saturated rings. The normalized spacial score (nSPS) is 29.0. The Bertz CT molecular complexity index is 510. The summed E-state index contributed by atoms with van der Waals surface area (Å²) in [6.45, 7) is 17.9. The minimum Gasteiger partial charge on any atom is -0.299 e. The van der Waals surface area contributed by atoms with Crippen LogP contribution in [0.15, 0.2) is 36.5 Å². The van der Waals surface area contributed by atoms with Crippen LogP contribution in [0.1, 0.15) is 53.9 Å². The van der Waals surface area contributed by atoms with Crippen LogP contribution in [0.25, 0.3) is 0 Å². The van der Waals surface area contributed by atoms with E-state index in [0.29, 0.717) is 12.8 Å². The Kier molecular flexibility index (Phi) is 6.10. The molecule has 1 rings (SSSR count). The predicted molar refractivity (Wildman–Crippen MR) is 92.6 cm³/mol. The molecular formula is C20H30O2. The summed E-state index contributed by atoms with van der Waals surface area (Å²) >= 11 is 0. The van der Waals surface area contributed by atoms with E-state index in [1.807, 2.05) is 26.8 Å². The fourth-order valence-corrected chi connectivity index (χ4v) is 3.26. The van der Waals surface area contributed by atoms with Crippen LogP contribution in [0.5, 0.6) is 0 Å². The first kappa shape index (κ1) is 18.6. The number of allylic oxidation sites excluding steroid dienone is 4. The van der Waals surface area contributed by atoms with Crippen molar-refractivity contribution in [3.63, 3.8) is 0 Å². The molecule has 0 aromatic rings. The second-order valence-corrected chi connectivity index (χ2v) is 7.34. The van der Waals surface area contributed by atoms with E-state index in [0.717, 1.165) is 12.0 Å². The number of hydrogen-bond donors (Lipinski definition) is 0. The number of ketones is 2. The van der Waals surface area contributed by atoms with Gasteiger partial charge >= 0.3 is 0 Å². The van der Waals surface area contributed by atoms with Gasteiger partial charge in [-0.05, 0) is 31.6 Å². The third-order valence-corrected chi connectivity index (χ3v) is 4.89. The monoisotopic (exact) mass is 302 g/mol. The summed E-state index contributed by atoms with van der Waals surface area (Å²) in [4.78, 5) is 24.1. The Labute approximate surface area is 135 Å². The summed E-state index contributed by atoms with van der Waals surface area (Å²) < 4.78 is 0. The van der Waals surface area contributed by atoms with Crippen LogP contribution in [0.2, 0.25) is 0 Å². The van der Waals surface area contributed by atoms with Crippen molar-refractivity contribution in [2.24, 2.45) is 23.2 Å². The second-order valence-electron chi connectivity index (χ2n) is 7.34. The molecule has 0 saturated heterocycles. The number of carbonyl (C=O) groups excluding carboxylic acids is 2. The molecule has 0 amide bonds. The van der Waals surface area contributed by atoms with Gasteiger partial charge in [-0.2, -0.15) is 0 Å². The molecule has 1 aliphatic carbocycles. The Morgan fingerprint density at radius 1 is 1.36 bits per heavy atom. The van der Waals surface area contributed by atoms with Gasteiger partial charge in [-0.25, -0.2) is 0 Å². The molecule has 0 aliphatic heterocycles. The van der Waals surface area contributed by atoms with Gasteiger partial charge in [0, 0.05) is 24.7 Å². The summed E-state index contributed by atoms with van der Waals surface area (Å²) in [6, 6.07) is 0. The summed E-state index contributed by atoms with van der Waals surface area (Å²) in [5.74, 6) is 0.603. The van der Waals surface area contributed by atoms with Crippen LogP contribution in [0, 0.1) is 23.2 Å². The summed E-state index contributed by atoms with van der Waals surface area (Å²) in [7, 11) is 0. The maximum atomic E-state index is 12.3. The van der Waals surface area contributed by atoms with Gasteiger partial charge in [-0.1, -0.05) is 50.6 Å². The first-order valence-corrected chi connectivity index (χ1v) is 8.14. The SMILES string of the molecule is C=CC1(C)CC(=O)C(C(=C)C)C1C=C(C)CCC(=O)C(C)C. The molecule has 122 valence electrons. The molecule has 0 radical (unpaired) electrons. The van der Waals surface area contributed by atoms with Crippen LogP contribution in [0.4, 0.5) is 0 Å². The van der Waals surface area contributed by atoms with Gasteiger partial charge < -0.3 is 0 Å². The highest BCUT2D eigenvalue weighted by Gasteiger charge is 2.47. The first-order chi connectivity index (χ1) is 10.1. The topological polar surface area (TPSA) is 34.1 Å². The molecule has 3 unspecified atom stereocenters. The molecule has 0 aromatic carbocycles. The van der Waals surface area contributed by atoms with Crippen LogP contribution < -0.4 is 0 Å². The van der Waals surface area contributed by atoms with E-state index in [9.17, 15) is 9.59 Å². The van der Waals surface area contributed by atoms with Gasteiger partial charge in [0.15, 0.2) is 0 Å². The van der Waals surface area contributed by atoms with E-state index in [1.54, 1.807) is 0 Å². The highest BCUT2D eigenvalue weighted by molar-refractivity contribution is 5.88. The molecule has 1 saturated carbocycles. The maximum absolute atomic E-state index is 12.3. The predicted octanol–water partition coefficient (Wildman–Crippen LogP) is 4.91. The maximum Gasteiger partial charge on any atom is 0.141 e. The third-order valence-electron chi connectivity index (χ3n) is 4.89. The number of Topliss-reactive ketones (excluding diaryl/α,β-unsaturated/α-hetero) is 2. The smallest absolute Gasteiger partial charge is 0.141 e. The number of hydrogen-bond acceptors (Lipinski definition) is 2. The van der Waals surface area contributed by atoms with Crippen molar-refractivity contribution in [1.82, 2.24) is 0 Å². The fraction of sp³-hybridized carbons (Fsp3) is 0.600. The lowest BCUT2D eigenvalue weighted by molar-refractivity contribution is -0.122. The highest BCUT2D eigenvalue weighted by Crippen LogP contribution is 2.49. The lowest BCUT2D eigenvalue weighted by Crippen LogP contribution is -2.23. The molecule has 1 aliphatic rings. The van der Waals surface area contributed by atoms with Crippen molar-refractivity contribution in [1.29, 1.82) is 0 Å². The lowest BCUT2D eigenvalue weighted by atomic mass is 9.74. The first-order valence-electron chi connectivity index (χ1n) is 8.14. The molecule has 2 nitrogen and oxygen atoms in total. The average Bonchev–Trinajstić information content (AvgIpc) is 2.67. The van der Waals surface area contributed by atoms with Crippen LogP contribution in [-0.2, 0) is 9.59 Å².